The van der Waals surface area contributed by atoms with Gasteiger partial charge in [0.25, 0.3) is 5.91 Å². The largest absolute Gasteiger partial charge is 0.383 e. The van der Waals surface area contributed by atoms with E-state index in [-0.39, 0.29) is 11.7 Å². The van der Waals surface area contributed by atoms with Crippen LogP contribution in [0.4, 0.5) is 11.8 Å². The lowest BCUT2D eigenvalue weighted by Gasteiger charge is -2.31. The molecule has 0 radical (unpaired) electrons. The van der Waals surface area contributed by atoms with Gasteiger partial charge in [0.15, 0.2) is 0 Å². The first-order valence-electron chi connectivity index (χ1n) is 8.33. The van der Waals surface area contributed by atoms with Crippen LogP contribution in [0.15, 0.2) is 36.5 Å². The van der Waals surface area contributed by atoms with Crippen LogP contribution in [-0.4, -0.2) is 29.0 Å². The predicted molar refractivity (Wildman–Crippen MR) is 94.7 cm³/mol. The fraction of sp³-hybridized carbons (Fsp3) is 0.389. The summed E-state index contributed by atoms with van der Waals surface area (Å²) in [5.41, 5.74) is 7.34. The van der Waals surface area contributed by atoms with E-state index in [4.69, 9.17) is 5.73 Å². The summed E-state index contributed by atoms with van der Waals surface area (Å²) in [6, 6.07) is 9.74. The normalized spacial score (nSPS) is 17.5. The molecule has 24 heavy (non-hydrogen) atoms. The fourth-order valence-electron chi connectivity index (χ4n) is 2.96. The van der Waals surface area contributed by atoms with Crippen LogP contribution in [-0.2, 0) is 6.54 Å². The summed E-state index contributed by atoms with van der Waals surface area (Å²) >= 11 is 0. The Balaban J connectivity index is 1.66. The molecule has 1 unspecified atom stereocenters. The van der Waals surface area contributed by atoms with Crippen molar-refractivity contribution in [2.75, 3.05) is 23.7 Å². The van der Waals surface area contributed by atoms with Crippen molar-refractivity contribution in [3.8, 4) is 0 Å². The van der Waals surface area contributed by atoms with Crippen LogP contribution in [0.2, 0.25) is 0 Å². The van der Waals surface area contributed by atoms with E-state index in [0.29, 0.717) is 24.0 Å². The van der Waals surface area contributed by atoms with Crippen molar-refractivity contribution in [3.05, 3.63) is 47.7 Å². The number of anilines is 2. The second-order valence-electron chi connectivity index (χ2n) is 6.33. The number of nitrogen functional groups attached to an aromatic ring is 1. The molecule has 1 atom stereocenters. The van der Waals surface area contributed by atoms with Crippen molar-refractivity contribution in [2.45, 2.75) is 26.3 Å². The SMILES string of the molecule is CC1CCCN(c2ncc(C(=O)NCc3ccccc3)c(N)n2)C1. The van der Waals surface area contributed by atoms with Crippen LogP contribution in [0.3, 0.4) is 0 Å². The second kappa shape index (κ2) is 7.29. The summed E-state index contributed by atoms with van der Waals surface area (Å²) in [6.45, 7) is 4.54. The van der Waals surface area contributed by atoms with Gasteiger partial charge in [0.1, 0.15) is 5.82 Å². The van der Waals surface area contributed by atoms with Crippen molar-refractivity contribution < 1.29 is 4.79 Å². The summed E-state index contributed by atoms with van der Waals surface area (Å²) in [5.74, 6) is 1.20. The molecule has 0 aliphatic carbocycles. The number of aromatic nitrogens is 2. The molecule has 6 nitrogen and oxygen atoms in total. The number of hydrogen-bond acceptors (Lipinski definition) is 5. The van der Waals surface area contributed by atoms with E-state index in [1.165, 1.54) is 12.6 Å². The highest BCUT2D eigenvalue weighted by Crippen LogP contribution is 2.21. The van der Waals surface area contributed by atoms with E-state index in [0.717, 1.165) is 25.1 Å². The maximum atomic E-state index is 12.3. The Kier molecular flexibility index (Phi) is 4.93. The Bertz CT molecular complexity index is 704. The number of piperidine rings is 1. The highest BCUT2D eigenvalue weighted by molar-refractivity contribution is 5.98. The van der Waals surface area contributed by atoms with Crippen LogP contribution in [0, 0.1) is 5.92 Å². The van der Waals surface area contributed by atoms with E-state index in [2.05, 4.69) is 27.1 Å². The van der Waals surface area contributed by atoms with E-state index >= 15 is 0 Å². The average molecular weight is 325 g/mol. The molecular formula is C18H23N5O. The maximum Gasteiger partial charge on any atom is 0.256 e. The number of hydrogen-bond donors (Lipinski definition) is 2. The number of amides is 1. The van der Waals surface area contributed by atoms with Crippen molar-refractivity contribution in [3.63, 3.8) is 0 Å². The number of rotatable bonds is 4. The van der Waals surface area contributed by atoms with Gasteiger partial charge in [0.05, 0.1) is 5.56 Å². The van der Waals surface area contributed by atoms with Gasteiger partial charge in [0.2, 0.25) is 5.95 Å². The molecule has 1 amide bonds. The number of benzene rings is 1. The summed E-state index contributed by atoms with van der Waals surface area (Å²) in [6.07, 6.45) is 3.88. The molecule has 1 fully saturated rings. The third-order valence-electron chi connectivity index (χ3n) is 4.29. The van der Waals surface area contributed by atoms with Crippen molar-refractivity contribution in [2.24, 2.45) is 5.92 Å². The lowest BCUT2D eigenvalue weighted by Crippen LogP contribution is -2.35. The van der Waals surface area contributed by atoms with Gasteiger partial charge in [-0.25, -0.2) is 4.98 Å². The Hall–Kier alpha value is -2.63. The van der Waals surface area contributed by atoms with Crippen LogP contribution < -0.4 is 16.0 Å². The zero-order chi connectivity index (χ0) is 16.9. The lowest BCUT2D eigenvalue weighted by molar-refractivity contribution is 0.0951. The maximum absolute atomic E-state index is 12.3. The van der Waals surface area contributed by atoms with Gasteiger partial charge in [-0.05, 0) is 24.3 Å². The molecule has 1 saturated heterocycles. The number of nitrogens with zero attached hydrogens (tertiary/aromatic N) is 3. The zero-order valence-corrected chi connectivity index (χ0v) is 13.9. The van der Waals surface area contributed by atoms with Gasteiger partial charge in [-0.15, -0.1) is 0 Å². The predicted octanol–water partition coefficient (Wildman–Crippen LogP) is 2.23. The third kappa shape index (κ3) is 3.82. The molecule has 1 aliphatic rings. The number of carbonyl (C=O) groups is 1. The van der Waals surface area contributed by atoms with E-state index in [1.54, 1.807) is 0 Å². The zero-order valence-electron chi connectivity index (χ0n) is 13.9. The van der Waals surface area contributed by atoms with Gasteiger partial charge in [-0.3, -0.25) is 4.79 Å². The number of nitrogens with one attached hydrogen (secondary N) is 1. The number of nitrogens with two attached hydrogens (primary N) is 1. The van der Waals surface area contributed by atoms with Crippen LogP contribution >= 0.6 is 0 Å². The first-order valence-corrected chi connectivity index (χ1v) is 8.33. The van der Waals surface area contributed by atoms with E-state index < -0.39 is 0 Å². The average Bonchev–Trinajstić information content (AvgIpc) is 2.60. The molecule has 3 rings (SSSR count). The van der Waals surface area contributed by atoms with Crippen molar-refractivity contribution >= 4 is 17.7 Å². The first kappa shape index (κ1) is 16.2. The van der Waals surface area contributed by atoms with Crippen molar-refractivity contribution in [1.29, 1.82) is 0 Å². The molecule has 6 heteroatoms. The first-order chi connectivity index (χ1) is 11.6. The van der Waals surface area contributed by atoms with Gasteiger partial charge >= 0.3 is 0 Å². The number of carbonyl (C=O) groups excluding carboxylic acids is 1. The Morgan fingerprint density at radius 3 is 2.88 bits per heavy atom. The Morgan fingerprint density at radius 1 is 1.38 bits per heavy atom. The molecule has 0 saturated carbocycles. The van der Waals surface area contributed by atoms with Crippen molar-refractivity contribution in [1.82, 2.24) is 15.3 Å². The van der Waals surface area contributed by atoms with Crippen LogP contribution in [0.5, 0.6) is 0 Å². The summed E-state index contributed by atoms with van der Waals surface area (Å²) < 4.78 is 0. The smallest absolute Gasteiger partial charge is 0.256 e. The molecular weight excluding hydrogens is 302 g/mol. The summed E-state index contributed by atoms with van der Waals surface area (Å²) in [7, 11) is 0. The molecule has 126 valence electrons. The Labute approximate surface area is 142 Å². The lowest BCUT2D eigenvalue weighted by atomic mass is 10.0. The minimum Gasteiger partial charge on any atom is -0.383 e. The topological polar surface area (TPSA) is 84.1 Å². The second-order valence-corrected chi connectivity index (χ2v) is 6.33. The molecule has 3 N–H and O–H groups in total. The van der Waals surface area contributed by atoms with Crippen LogP contribution in [0.25, 0.3) is 0 Å². The monoisotopic (exact) mass is 325 g/mol. The molecule has 2 aromatic rings. The van der Waals surface area contributed by atoms with Gasteiger partial charge in [0, 0.05) is 25.8 Å². The molecule has 1 aliphatic heterocycles. The molecule has 0 bridgehead atoms. The highest BCUT2D eigenvalue weighted by atomic mass is 16.1. The molecule has 0 spiro atoms. The standard InChI is InChI=1S/C18H23N5O/c1-13-6-5-9-23(12-13)18-21-11-15(16(19)22-18)17(24)20-10-14-7-3-2-4-8-14/h2-4,7-8,11,13H,5-6,9-10,12H2,1H3,(H,20,24)(H2,19,21,22). The van der Waals surface area contributed by atoms with E-state index in [1.807, 2.05) is 30.3 Å². The summed E-state index contributed by atoms with van der Waals surface area (Å²) in [5, 5.41) is 2.85. The molecule has 1 aromatic carbocycles. The Morgan fingerprint density at radius 2 is 2.17 bits per heavy atom. The molecule has 1 aromatic heterocycles. The minimum absolute atomic E-state index is 0.226. The van der Waals surface area contributed by atoms with Gasteiger partial charge < -0.3 is 16.0 Å². The van der Waals surface area contributed by atoms with E-state index in [9.17, 15) is 4.79 Å². The van der Waals surface area contributed by atoms with Crippen LogP contribution in [0.1, 0.15) is 35.7 Å². The van der Waals surface area contributed by atoms with Gasteiger partial charge in [-0.2, -0.15) is 4.98 Å². The minimum atomic E-state index is -0.255. The fourth-order valence-corrected chi connectivity index (χ4v) is 2.96. The molecule has 2 heterocycles. The van der Waals surface area contributed by atoms with Gasteiger partial charge in [-0.1, -0.05) is 37.3 Å². The summed E-state index contributed by atoms with van der Waals surface area (Å²) in [4.78, 5) is 23.1. The third-order valence-corrected chi connectivity index (χ3v) is 4.29. The quantitative estimate of drug-likeness (QED) is 0.900. The highest BCUT2D eigenvalue weighted by Gasteiger charge is 2.20.